The summed E-state index contributed by atoms with van der Waals surface area (Å²) >= 11 is 0. The van der Waals surface area contributed by atoms with E-state index < -0.39 is 12.1 Å². The van der Waals surface area contributed by atoms with Crippen molar-refractivity contribution in [1.29, 1.82) is 0 Å². The lowest BCUT2D eigenvalue weighted by Crippen LogP contribution is -2.45. The molecule has 2 atom stereocenters. The van der Waals surface area contributed by atoms with Crippen molar-refractivity contribution in [2.75, 3.05) is 13.2 Å². The standard InChI is InChI=1S/C70H133NO5/c1-3-5-7-9-11-13-15-16-17-37-40-44-48-52-56-60-64-70(75)76-65-61-57-53-49-45-41-38-35-33-31-29-27-25-23-21-19-18-20-22-24-26-28-30-32-34-36-39-43-47-51-55-59-63-69(74)71-67(66-72)68(73)62-58-54-50-46-42-14-12-10-8-6-4-2/h13,15,17,37,58,62,67-68,72-73H,3-12,14,16,18-36,38-57,59-61,63-66H2,1-2H3,(H,71,74)/b15-13-,37-17-,62-58+. The van der Waals surface area contributed by atoms with E-state index in [0.717, 1.165) is 51.4 Å². The second kappa shape index (κ2) is 65.6. The molecule has 0 radical (unpaired) electrons. The number of esters is 1. The average Bonchev–Trinajstić information content (AvgIpc) is 3.42. The summed E-state index contributed by atoms with van der Waals surface area (Å²) in [7, 11) is 0. The van der Waals surface area contributed by atoms with Crippen molar-refractivity contribution in [3.8, 4) is 0 Å². The van der Waals surface area contributed by atoms with Gasteiger partial charge in [0.15, 0.2) is 0 Å². The molecule has 6 heteroatoms. The summed E-state index contributed by atoms with van der Waals surface area (Å²) in [6, 6.07) is -0.623. The van der Waals surface area contributed by atoms with E-state index >= 15 is 0 Å². The molecule has 0 aliphatic heterocycles. The van der Waals surface area contributed by atoms with Gasteiger partial charge in [0.05, 0.1) is 25.4 Å². The van der Waals surface area contributed by atoms with Crippen LogP contribution in [0.4, 0.5) is 0 Å². The summed E-state index contributed by atoms with van der Waals surface area (Å²) < 4.78 is 5.49. The van der Waals surface area contributed by atoms with Crippen LogP contribution in [0, 0.1) is 0 Å². The lowest BCUT2D eigenvalue weighted by Gasteiger charge is -2.20. The predicted molar refractivity (Wildman–Crippen MR) is 333 cm³/mol. The zero-order chi connectivity index (χ0) is 55.0. The maximum absolute atomic E-state index is 12.4. The van der Waals surface area contributed by atoms with Crippen LogP contribution in [-0.2, 0) is 14.3 Å². The Morgan fingerprint density at radius 1 is 0.368 bits per heavy atom. The number of carbonyl (C=O) groups excluding carboxylic acids is 2. The lowest BCUT2D eigenvalue weighted by atomic mass is 10.0. The SMILES string of the molecule is CCCCCC/C=C\C/C=C\CCCCCCCC(=O)OCCCCCCCCCCCCCCCCCCCCCCCCCCCCCCCCCCC(=O)NC(CO)C(O)/C=C/CCCCCCCCCCC. The topological polar surface area (TPSA) is 95.9 Å². The molecular weight excluding hydrogens is 935 g/mol. The molecule has 3 N–H and O–H groups in total. The zero-order valence-corrected chi connectivity index (χ0v) is 51.3. The number of aliphatic hydroxyl groups excluding tert-OH is 2. The third-order valence-corrected chi connectivity index (χ3v) is 15.9. The molecule has 0 aromatic heterocycles. The van der Waals surface area contributed by atoms with Gasteiger partial charge in [0.25, 0.3) is 0 Å². The van der Waals surface area contributed by atoms with Gasteiger partial charge in [-0.05, 0) is 64.2 Å². The average molecular weight is 1070 g/mol. The lowest BCUT2D eigenvalue weighted by molar-refractivity contribution is -0.143. The quantitative estimate of drug-likeness (QED) is 0.0320. The third-order valence-electron chi connectivity index (χ3n) is 15.9. The Morgan fingerprint density at radius 3 is 1.01 bits per heavy atom. The normalized spacial score (nSPS) is 12.7. The monoisotopic (exact) mass is 1070 g/mol. The molecule has 6 nitrogen and oxygen atoms in total. The van der Waals surface area contributed by atoms with Crippen LogP contribution in [0.1, 0.15) is 373 Å². The van der Waals surface area contributed by atoms with Crippen molar-refractivity contribution in [3.63, 3.8) is 0 Å². The number of allylic oxidation sites excluding steroid dienone is 5. The van der Waals surface area contributed by atoms with E-state index in [9.17, 15) is 19.8 Å². The van der Waals surface area contributed by atoms with Crippen molar-refractivity contribution in [2.24, 2.45) is 0 Å². The van der Waals surface area contributed by atoms with Gasteiger partial charge in [0.1, 0.15) is 0 Å². The van der Waals surface area contributed by atoms with Gasteiger partial charge in [0.2, 0.25) is 5.91 Å². The Hall–Kier alpha value is -1.92. The summed E-state index contributed by atoms with van der Waals surface area (Å²) in [5.74, 6) is -0.0560. The molecule has 448 valence electrons. The summed E-state index contributed by atoms with van der Waals surface area (Å²) in [5.41, 5.74) is 0. The molecule has 2 unspecified atom stereocenters. The van der Waals surface area contributed by atoms with Crippen LogP contribution in [0.3, 0.4) is 0 Å². The van der Waals surface area contributed by atoms with Crippen LogP contribution in [0.25, 0.3) is 0 Å². The Morgan fingerprint density at radius 2 is 0.658 bits per heavy atom. The fraction of sp³-hybridized carbons (Fsp3) is 0.886. The summed E-state index contributed by atoms with van der Waals surface area (Å²) in [4.78, 5) is 24.5. The minimum absolute atomic E-state index is 0.00756. The molecule has 0 aliphatic rings. The van der Waals surface area contributed by atoms with Crippen molar-refractivity contribution in [2.45, 2.75) is 386 Å². The maximum atomic E-state index is 12.4. The van der Waals surface area contributed by atoms with Crippen LogP contribution in [0.5, 0.6) is 0 Å². The van der Waals surface area contributed by atoms with Crippen LogP contribution < -0.4 is 5.32 Å². The Kier molecular flexibility index (Phi) is 63.9. The third kappa shape index (κ3) is 61.3. The largest absolute Gasteiger partial charge is 0.466 e. The number of ether oxygens (including phenoxy) is 1. The van der Waals surface area contributed by atoms with Gasteiger partial charge in [0, 0.05) is 12.8 Å². The van der Waals surface area contributed by atoms with Crippen molar-refractivity contribution >= 4 is 11.9 Å². The molecule has 0 heterocycles. The Bertz CT molecular complexity index is 1230. The van der Waals surface area contributed by atoms with E-state index in [1.807, 2.05) is 6.08 Å². The highest BCUT2D eigenvalue weighted by Crippen LogP contribution is 2.18. The first-order valence-corrected chi connectivity index (χ1v) is 34.3. The smallest absolute Gasteiger partial charge is 0.305 e. The molecule has 1 amide bonds. The van der Waals surface area contributed by atoms with E-state index in [1.54, 1.807) is 6.08 Å². The molecule has 0 saturated carbocycles. The highest BCUT2D eigenvalue weighted by molar-refractivity contribution is 5.76. The molecule has 0 bridgehead atoms. The fourth-order valence-corrected chi connectivity index (χ4v) is 10.7. The van der Waals surface area contributed by atoms with E-state index in [2.05, 4.69) is 43.5 Å². The van der Waals surface area contributed by atoms with Crippen molar-refractivity contribution in [3.05, 3.63) is 36.5 Å². The van der Waals surface area contributed by atoms with Crippen molar-refractivity contribution < 1.29 is 24.5 Å². The van der Waals surface area contributed by atoms with Crippen LogP contribution in [0.2, 0.25) is 0 Å². The van der Waals surface area contributed by atoms with Gasteiger partial charge >= 0.3 is 5.97 Å². The molecule has 0 aromatic carbocycles. The minimum Gasteiger partial charge on any atom is -0.466 e. The number of hydrogen-bond acceptors (Lipinski definition) is 5. The van der Waals surface area contributed by atoms with Gasteiger partial charge in [-0.1, -0.05) is 333 Å². The van der Waals surface area contributed by atoms with Crippen LogP contribution >= 0.6 is 0 Å². The second-order valence-electron chi connectivity index (χ2n) is 23.5. The maximum Gasteiger partial charge on any atom is 0.305 e. The first-order chi connectivity index (χ1) is 37.5. The van der Waals surface area contributed by atoms with Crippen LogP contribution in [-0.4, -0.2) is 47.4 Å². The first-order valence-electron chi connectivity index (χ1n) is 34.3. The van der Waals surface area contributed by atoms with Crippen LogP contribution in [0.15, 0.2) is 36.5 Å². The van der Waals surface area contributed by atoms with Gasteiger partial charge < -0.3 is 20.3 Å². The minimum atomic E-state index is -0.840. The number of carbonyl (C=O) groups is 2. The summed E-state index contributed by atoms with van der Waals surface area (Å²) in [6.45, 7) is 4.89. The Balaban J connectivity index is 3.32. The number of nitrogens with one attached hydrogen (secondary N) is 1. The highest BCUT2D eigenvalue weighted by Gasteiger charge is 2.18. The number of amides is 1. The van der Waals surface area contributed by atoms with E-state index in [0.29, 0.717) is 19.4 Å². The second-order valence-corrected chi connectivity index (χ2v) is 23.5. The van der Waals surface area contributed by atoms with E-state index in [-0.39, 0.29) is 18.5 Å². The zero-order valence-electron chi connectivity index (χ0n) is 51.3. The summed E-state index contributed by atoms with van der Waals surface area (Å²) in [5, 5.41) is 23.1. The van der Waals surface area contributed by atoms with E-state index in [1.165, 1.54) is 295 Å². The van der Waals surface area contributed by atoms with Gasteiger partial charge in [-0.25, -0.2) is 0 Å². The molecule has 0 saturated heterocycles. The number of hydrogen-bond donors (Lipinski definition) is 3. The highest BCUT2D eigenvalue weighted by atomic mass is 16.5. The molecular formula is C70H133NO5. The predicted octanol–water partition coefficient (Wildman–Crippen LogP) is 21.9. The molecule has 0 fully saturated rings. The van der Waals surface area contributed by atoms with Gasteiger partial charge in [-0.15, -0.1) is 0 Å². The fourth-order valence-electron chi connectivity index (χ4n) is 10.7. The molecule has 76 heavy (non-hydrogen) atoms. The summed E-state index contributed by atoms with van der Waals surface area (Å²) in [6.07, 6.45) is 83.7. The molecule has 0 spiro atoms. The van der Waals surface area contributed by atoms with Gasteiger partial charge in [-0.2, -0.15) is 0 Å². The van der Waals surface area contributed by atoms with Crippen molar-refractivity contribution in [1.82, 2.24) is 5.32 Å². The van der Waals surface area contributed by atoms with Gasteiger partial charge in [-0.3, -0.25) is 9.59 Å². The van der Waals surface area contributed by atoms with E-state index in [4.69, 9.17) is 4.74 Å². The Labute approximate surface area is 474 Å². The molecule has 0 aromatic rings. The first kappa shape index (κ1) is 74.1. The number of aliphatic hydroxyl groups is 2. The number of rotatable bonds is 64. The molecule has 0 aliphatic carbocycles. The molecule has 0 rings (SSSR count). The number of unbranched alkanes of at least 4 members (excludes halogenated alkanes) is 49.